The predicted molar refractivity (Wildman–Crippen MR) is 169 cm³/mol. The Labute approximate surface area is 238 Å². The molecule has 10 heteroatoms. The summed E-state index contributed by atoms with van der Waals surface area (Å²) < 4.78 is 9.38. The third-order valence-electron chi connectivity index (χ3n) is 6.75. The molecule has 204 valence electrons. The smallest absolute Gasteiger partial charge is 0.251 e. The normalized spacial score (nSPS) is 12.4. The zero-order valence-electron chi connectivity index (χ0n) is 23.5. The van der Waals surface area contributed by atoms with Crippen LogP contribution in [0.2, 0.25) is 25.7 Å². The first kappa shape index (κ1) is 26.4. The number of nitrogens with one attached hydrogen (secondary N) is 1. The van der Waals surface area contributed by atoms with Gasteiger partial charge >= 0.3 is 0 Å². The SMILES string of the molecule is CN(C)/C=N/c1ncc2[nH]cc(-c3cc(-c4cc5ccccc5s4)c4c(cnn4COCC[Si](C)(C)C)c3)c2n1. The van der Waals surface area contributed by atoms with Crippen LogP contribution in [-0.4, -0.2) is 64.7 Å². The average Bonchev–Trinajstić information content (AvgIpc) is 3.65. The second kappa shape index (κ2) is 10.6. The fraction of sp³-hybridized carbons (Fsp3) is 0.267. The number of aliphatic imine (C=N–C) groups is 1. The minimum atomic E-state index is -1.17. The number of benzene rings is 2. The van der Waals surface area contributed by atoms with Crippen LogP contribution in [0.3, 0.4) is 0 Å². The summed E-state index contributed by atoms with van der Waals surface area (Å²) in [5, 5.41) is 7.06. The predicted octanol–water partition coefficient (Wildman–Crippen LogP) is 7.39. The van der Waals surface area contributed by atoms with Gasteiger partial charge in [0.2, 0.25) is 0 Å². The molecule has 6 rings (SSSR count). The number of fused-ring (bicyclic) bond motifs is 3. The van der Waals surface area contributed by atoms with Crippen molar-refractivity contribution < 1.29 is 4.74 Å². The molecule has 0 unspecified atom stereocenters. The summed E-state index contributed by atoms with van der Waals surface area (Å²) in [6, 6.07) is 16.4. The van der Waals surface area contributed by atoms with Gasteiger partial charge in [0.15, 0.2) is 0 Å². The molecule has 0 aliphatic carbocycles. The van der Waals surface area contributed by atoms with E-state index in [4.69, 9.17) is 14.8 Å². The van der Waals surface area contributed by atoms with Gasteiger partial charge in [-0.05, 0) is 41.3 Å². The molecule has 0 amide bonds. The third-order valence-corrected chi connectivity index (χ3v) is 9.61. The Kier molecular flexibility index (Phi) is 6.99. The number of H-pyrrole nitrogens is 1. The highest BCUT2D eigenvalue weighted by Gasteiger charge is 2.18. The molecule has 0 saturated carbocycles. The van der Waals surface area contributed by atoms with Gasteiger partial charge in [0, 0.05) is 61.1 Å². The summed E-state index contributed by atoms with van der Waals surface area (Å²) in [5.41, 5.74) is 5.98. The van der Waals surface area contributed by atoms with Gasteiger partial charge in [0.05, 0.1) is 29.8 Å². The van der Waals surface area contributed by atoms with Crippen LogP contribution < -0.4 is 0 Å². The zero-order valence-corrected chi connectivity index (χ0v) is 25.3. The van der Waals surface area contributed by atoms with Crippen LogP contribution in [-0.2, 0) is 11.5 Å². The first-order valence-corrected chi connectivity index (χ1v) is 17.9. The lowest BCUT2D eigenvalue weighted by atomic mass is 10.0. The van der Waals surface area contributed by atoms with E-state index in [-0.39, 0.29) is 0 Å². The maximum absolute atomic E-state index is 6.12. The molecule has 8 nitrogen and oxygen atoms in total. The number of hydrogen-bond acceptors (Lipinski definition) is 6. The number of thiophene rings is 1. The van der Waals surface area contributed by atoms with Gasteiger partial charge in [0.1, 0.15) is 12.2 Å². The van der Waals surface area contributed by atoms with Crippen molar-refractivity contribution in [1.82, 2.24) is 29.6 Å². The molecule has 1 N–H and O–H groups in total. The highest BCUT2D eigenvalue weighted by molar-refractivity contribution is 7.22. The van der Waals surface area contributed by atoms with Crippen LogP contribution in [0, 0.1) is 0 Å². The van der Waals surface area contributed by atoms with E-state index in [0.29, 0.717) is 12.7 Å². The number of ether oxygens (including phenoxy) is 1. The molecule has 4 heterocycles. The highest BCUT2D eigenvalue weighted by Crippen LogP contribution is 2.41. The second-order valence-electron chi connectivity index (χ2n) is 11.4. The third kappa shape index (κ3) is 5.42. The van der Waals surface area contributed by atoms with Crippen molar-refractivity contribution in [2.75, 3.05) is 20.7 Å². The minimum Gasteiger partial charge on any atom is -0.369 e. The Morgan fingerprint density at radius 3 is 2.73 bits per heavy atom. The Bertz CT molecular complexity index is 1810. The highest BCUT2D eigenvalue weighted by atomic mass is 32.1. The van der Waals surface area contributed by atoms with E-state index in [1.54, 1.807) is 23.9 Å². The Morgan fingerprint density at radius 1 is 1.07 bits per heavy atom. The summed E-state index contributed by atoms with van der Waals surface area (Å²) in [7, 11) is 2.68. The second-order valence-corrected chi connectivity index (χ2v) is 18.2. The van der Waals surface area contributed by atoms with Crippen molar-refractivity contribution in [1.29, 1.82) is 0 Å². The Balaban J connectivity index is 1.47. The van der Waals surface area contributed by atoms with Crippen molar-refractivity contribution >= 4 is 63.7 Å². The molecule has 0 saturated heterocycles. The van der Waals surface area contributed by atoms with Crippen molar-refractivity contribution in [2.45, 2.75) is 32.4 Å². The number of hydrogen-bond donors (Lipinski definition) is 1. The molecule has 0 radical (unpaired) electrons. The molecule has 0 spiro atoms. The maximum Gasteiger partial charge on any atom is 0.251 e. The van der Waals surface area contributed by atoms with Crippen LogP contribution in [0.1, 0.15) is 0 Å². The number of aromatic amines is 1. The summed E-state index contributed by atoms with van der Waals surface area (Å²) in [6.07, 6.45) is 7.43. The lowest BCUT2D eigenvalue weighted by molar-refractivity contribution is 0.0817. The quantitative estimate of drug-likeness (QED) is 0.0852. The molecule has 0 fully saturated rings. The van der Waals surface area contributed by atoms with Crippen LogP contribution in [0.5, 0.6) is 0 Å². The molecule has 4 aromatic heterocycles. The van der Waals surface area contributed by atoms with Crippen LogP contribution in [0.4, 0.5) is 5.95 Å². The van der Waals surface area contributed by atoms with Crippen LogP contribution in [0.15, 0.2) is 66.0 Å². The monoisotopic (exact) mass is 567 g/mol. The van der Waals surface area contributed by atoms with Gasteiger partial charge in [-0.3, -0.25) is 0 Å². The van der Waals surface area contributed by atoms with E-state index in [1.165, 1.54) is 15.0 Å². The molecular formula is C30H33N7OSSi. The number of nitrogens with zero attached hydrogens (tertiary/aromatic N) is 6. The van der Waals surface area contributed by atoms with E-state index >= 15 is 0 Å². The zero-order chi connectivity index (χ0) is 27.9. The lowest BCUT2D eigenvalue weighted by Gasteiger charge is -2.16. The molecule has 0 bridgehead atoms. The molecule has 40 heavy (non-hydrogen) atoms. The topological polar surface area (TPSA) is 84.2 Å². The fourth-order valence-electron chi connectivity index (χ4n) is 4.67. The Hall–Kier alpha value is -3.86. The van der Waals surface area contributed by atoms with E-state index in [1.807, 2.05) is 36.1 Å². The van der Waals surface area contributed by atoms with Gasteiger partial charge in [-0.25, -0.2) is 19.6 Å². The van der Waals surface area contributed by atoms with E-state index in [0.717, 1.165) is 51.3 Å². The van der Waals surface area contributed by atoms with Gasteiger partial charge in [0.25, 0.3) is 5.95 Å². The van der Waals surface area contributed by atoms with Crippen LogP contribution >= 0.6 is 11.3 Å². The van der Waals surface area contributed by atoms with Gasteiger partial charge in [-0.15, -0.1) is 11.3 Å². The van der Waals surface area contributed by atoms with E-state index in [9.17, 15) is 0 Å². The summed E-state index contributed by atoms with van der Waals surface area (Å²) in [6.45, 7) is 8.29. The largest absolute Gasteiger partial charge is 0.369 e. The van der Waals surface area contributed by atoms with Crippen molar-refractivity contribution in [3.63, 3.8) is 0 Å². The van der Waals surface area contributed by atoms with Crippen molar-refractivity contribution in [3.05, 3.63) is 61.1 Å². The van der Waals surface area contributed by atoms with Crippen molar-refractivity contribution in [2.24, 2.45) is 4.99 Å². The first-order chi connectivity index (χ1) is 19.2. The summed E-state index contributed by atoms with van der Waals surface area (Å²) in [5.74, 6) is 0.427. The van der Waals surface area contributed by atoms with E-state index in [2.05, 4.69) is 77.1 Å². The number of aromatic nitrogens is 5. The maximum atomic E-state index is 6.12. The summed E-state index contributed by atoms with van der Waals surface area (Å²) in [4.78, 5) is 20.0. The van der Waals surface area contributed by atoms with Gasteiger partial charge < -0.3 is 14.6 Å². The molecule has 0 aliphatic rings. The molecule has 2 aromatic carbocycles. The minimum absolute atomic E-state index is 0.427. The lowest BCUT2D eigenvalue weighted by Crippen LogP contribution is -2.22. The standard InChI is InChI=1S/C30H33N7OSSi/c1-36(2)18-33-30-32-17-25-28(35-30)24(16-31-25)21-12-22-15-34-37(19-38-10-11-40(3,4)5)29(22)23(13-21)27-14-20-8-6-7-9-26(20)39-27/h6-9,12-18,31H,10-11,19H2,1-5H3/b33-18+. The van der Waals surface area contributed by atoms with Gasteiger partial charge in [-0.1, -0.05) is 37.8 Å². The molecule has 6 aromatic rings. The Morgan fingerprint density at radius 2 is 1.93 bits per heavy atom. The first-order valence-electron chi connectivity index (χ1n) is 13.4. The number of rotatable bonds is 9. The summed E-state index contributed by atoms with van der Waals surface area (Å²) >= 11 is 1.80. The van der Waals surface area contributed by atoms with Gasteiger partial charge in [-0.2, -0.15) is 5.10 Å². The van der Waals surface area contributed by atoms with Crippen molar-refractivity contribution in [3.8, 4) is 21.6 Å². The average molecular weight is 568 g/mol. The van der Waals surface area contributed by atoms with E-state index < -0.39 is 8.07 Å². The molecule has 0 atom stereocenters. The molecule has 0 aliphatic heterocycles. The molecular weight excluding hydrogens is 535 g/mol. The van der Waals surface area contributed by atoms with Crippen LogP contribution in [0.25, 0.3) is 53.6 Å². The fourth-order valence-corrected chi connectivity index (χ4v) is 6.51.